The molecule has 1 aromatic heterocycles. The summed E-state index contributed by atoms with van der Waals surface area (Å²) in [5.41, 5.74) is 0.722. The molecule has 7 nitrogen and oxygen atoms in total. The first-order chi connectivity index (χ1) is 13.1. The number of nitrogens with one attached hydrogen (secondary N) is 1. The molecular formula is C19H28ClN5O2. The van der Waals surface area contributed by atoms with E-state index in [1.807, 2.05) is 12.1 Å². The Bertz CT molecular complexity index is 721. The van der Waals surface area contributed by atoms with Crippen molar-refractivity contribution in [3.63, 3.8) is 0 Å². The molecule has 0 unspecified atom stereocenters. The highest BCUT2D eigenvalue weighted by Crippen LogP contribution is 2.31. The fraction of sp³-hybridized carbons (Fsp3) is 0.526. The zero-order valence-electron chi connectivity index (χ0n) is 16.5. The zero-order chi connectivity index (χ0) is 19.6. The Morgan fingerprint density at radius 1 is 1.00 bits per heavy atom. The first-order valence-electron chi connectivity index (χ1n) is 9.26. The van der Waals surface area contributed by atoms with Gasteiger partial charge in [0.1, 0.15) is 11.5 Å². The van der Waals surface area contributed by atoms with Crippen molar-refractivity contribution in [2.75, 3.05) is 37.5 Å². The Kier molecular flexibility index (Phi) is 8.39. The molecule has 0 atom stereocenters. The van der Waals surface area contributed by atoms with Crippen molar-refractivity contribution in [2.45, 2.75) is 39.5 Å². The van der Waals surface area contributed by atoms with Crippen LogP contribution >= 0.6 is 11.6 Å². The predicted octanol–water partition coefficient (Wildman–Crippen LogP) is 4.69. The highest BCUT2D eigenvalue weighted by molar-refractivity contribution is 6.28. The van der Waals surface area contributed by atoms with Crippen molar-refractivity contribution in [2.24, 2.45) is 0 Å². The summed E-state index contributed by atoms with van der Waals surface area (Å²) in [6.45, 7) is 6.12. The molecule has 2 rings (SSSR count). The molecule has 27 heavy (non-hydrogen) atoms. The number of anilines is 3. The minimum Gasteiger partial charge on any atom is -0.497 e. The summed E-state index contributed by atoms with van der Waals surface area (Å²) in [4.78, 5) is 15.3. The Balaban J connectivity index is 2.27. The average Bonchev–Trinajstić information content (AvgIpc) is 2.68. The number of hydrogen-bond donors (Lipinski definition) is 1. The number of unbranched alkanes of at least 4 members (excludes halogenated alkanes) is 2. The molecule has 1 N–H and O–H groups in total. The summed E-state index contributed by atoms with van der Waals surface area (Å²) in [7, 11) is 3.21. The van der Waals surface area contributed by atoms with Crippen molar-refractivity contribution < 1.29 is 9.47 Å². The number of ether oxygens (including phenoxy) is 2. The molecule has 1 heterocycles. The zero-order valence-corrected chi connectivity index (χ0v) is 17.2. The van der Waals surface area contributed by atoms with Crippen LogP contribution in [0.2, 0.25) is 5.28 Å². The van der Waals surface area contributed by atoms with Crippen LogP contribution < -0.4 is 19.7 Å². The van der Waals surface area contributed by atoms with Crippen LogP contribution in [0.25, 0.3) is 0 Å². The maximum atomic E-state index is 6.17. The van der Waals surface area contributed by atoms with E-state index in [2.05, 4.69) is 39.0 Å². The van der Waals surface area contributed by atoms with E-state index in [-0.39, 0.29) is 5.28 Å². The highest BCUT2D eigenvalue weighted by atomic mass is 35.5. The van der Waals surface area contributed by atoms with Crippen LogP contribution in [-0.2, 0) is 0 Å². The van der Waals surface area contributed by atoms with E-state index in [4.69, 9.17) is 21.1 Å². The van der Waals surface area contributed by atoms with Gasteiger partial charge in [0, 0.05) is 19.2 Å². The number of benzene rings is 1. The van der Waals surface area contributed by atoms with Gasteiger partial charge in [-0.1, -0.05) is 26.7 Å². The predicted molar refractivity (Wildman–Crippen MR) is 110 cm³/mol. The van der Waals surface area contributed by atoms with Gasteiger partial charge >= 0.3 is 0 Å². The van der Waals surface area contributed by atoms with E-state index >= 15 is 0 Å². The van der Waals surface area contributed by atoms with Gasteiger partial charge in [-0.2, -0.15) is 15.0 Å². The normalized spacial score (nSPS) is 10.6. The van der Waals surface area contributed by atoms with Gasteiger partial charge in [0.05, 0.1) is 19.9 Å². The molecule has 148 valence electrons. The topological polar surface area (TPSA) is 72.4 Å². The molecule has 0 spiro atoms. The molecule has 0 amide bonds. The van der Waals surface area contributed by atoms with E-state index in [0.29, 0.717) is 23.4 Å². The lowest BCUT2D eigenvalue weighted by Crippen LogP contribution is -2.28. The van der Waals surface area contributed by atoms with Gasteiger partial charge in [-0.3, -0.25) is 0 Å². The summed E-state index contributed by atoms with van der Waals surface area (Å²) in [5, 5.41) is 3.33. The van der Waals surface area contributed by atoms with Crippen LogP contribution in [0.1, 0.15) is 39.5 Å². The first kappa shape index (κ1) is 21.0. The quantitative estimate of drug-likeness (QED) is 0.593. The van der Waals surface area contributed by atoms with Crippen LogP contribution in [0.3, 0.4) is 0 Å². The van der Waals surface area contributed by atoms with Crippen molar-refractivity contribution in [3.8, 4) is 11.5 Å². The van der Waals surface area contributed by atoms with Crippen LogP contribution in [0, 0.1) is 0 Å². The number of halogens is 1. The summed E-state index contributed by atoms with van der Waals surface area (Å²) < 4.78 is 10.6. The number of hydrogen-bond acceptors (Lipinski definition) is 7. The van der Waals surface area contributed by atoms with Crippen molar-refractivity contribution >= 4 is 29.2 Å². The second kappa shape index (κ2) is 10.8. The fourth-order valence-electron chi connectivity index (χ4n) is 2.57. The maximum absolute atomic E-state index is 6.17. The second-order valence-corrected chi connectivity index (χ2v) is 6.45. The van der Waals surface area contributed by atoms with E-state index in [1.54, 1.807) is 20.3 Å². The van der Waals surface area contributed by atoms with Gasteiger partial charge in [-0.25, -0.2) is 0 Å². The van der Waals surface area contributed by atoms with Crippen LogP contribution in [0.4, 0.5) is 17.6 Å². The number of methoxy groups -OCH3 is 2. The summed E-state index contributed by atoms with van der Waals surface area (Å²) >= 11 is 6.17. The smallest absolute Gasteiger partial charge is 0.233 e. The average molecular weight is 394 g/mol. The molecule has 0 bridgehead atoms. The van der Waals surface area contributed by atoms with Gasteiger partial charge in [-0.05, 0) is 36.6 Å². The van der Waals surface area contributed by atoms with E-state index < -0.39 is 0 Å². The van der Waals surface area contributed by atoms with Gasteiger partial charge < -0.3 is 19.7 Å². The maximum Gasteiger partial charge on any atom is 0.233 e. The number of aromatic nitrogens is 3. The summed E-state index contributed by atoms with van der Waals surface area (Å²) in [5.74, 6) is 2.30. The summed E-state index contributed by atoms with van der Waals surface area (Å²) in [6, 6.07) is 5.48. The molecule has 0 saturated heterocycles. The van der Waals surface area contributed by atoms with Gasteiger partial charge in [-0.15, -0.1) is 0 Å². The molecular weight excluding hydrogens is 366 g/mol. The monoisotopic (exact) mass is 393 g/mol. The molecule has 1 aromatic carbocycles. The van der Waals surface area contributed by atoms with Crippen LogP contribution in [0.5, 0.6) is 11.5 Å². The van der Waals surface area contributed by atoms with E-state index in [9.17, 15) is 0 Å². The van der Waals surface area contributed by atoms with Gasteiger partial charge in [0.2, 0.25) is 17.2 Å². The highest BCUT2D eigenvalue weighted by Gasteiger charge is 2.14. The van der Waals surface area contributed by atoms with E-state index in [1.165, 1.54) is 0 Å². The number of nitrogens with zero attached hydrogens (tertiary/aromatic N) is 4. The Morgan fingerprint density at radius 2 is 1.70 bits per heavy atom. The van der Waals surface area contributed by atoms with Crippen LogP contribution in [0.15, 0.2) is 18.2 Å². The third-order valence-electron chi connectivity index (χ3n) is 4.10. The van der Waals surface area contributed by atoms with Crippen LogP contribution in [-0.4, -0.2) is 42.3 Å². The largest absolute Gasteiger partial charge is 0.497 e. The van der Waals surface area contributed by atoms with E-state index in [0.717, 1.165) is 44.5 Å². The summed E-state index contributed by atoms with van der Waals surface area (Å²) in [6.07, 6.45) is 4.36. The third-order valence-corrected chi connectivity index (χ3v) is 4.27. The number of rotatable bonds is 11. The van der Waals surface area contributed by atoms with Crippen molar-refractivity contribution in [1.29, 1.82) is 0 Å². The molecule has 0 saturated carbocycles. The minimum absolute atomic E-state index is 0.160. The molecule has 0 aliphatic rings. The van der Waals surface area contributed by atoms with Gasteiger partial charge in [0.25, 0.3) is 0 Å². The Labute approximate surface area is 166 Å². The molecule has 0 aliphatic carbocycles. The standard InChI is InChI=1S/C19H28ClN5O2/c1-5-7-11-25(12-8-6-2)19-23-17(20)22-18(24-19)21-15-10-9-14(26-3)13-16(15)27-4/h9-10,13H,5-8,11-12H2,1-4H3,(H,21,22,23,24). The lowest BCUT2D eigenvalue weighted by atomic mass is 10.2. The Hall–Kier alpha value is -2.28. The molecule has 0 fully saturated rings. The third kappa shape index (κ3) is 6.13. The van der Waals surface area contributed by atoms with Gasteiger partial charge in [0.15, 0.2) is 0 Å². The molecule has 0 radical (unpaired) electrons. The minimum atomic E-state index is 0.160. The molecule has 0 aliphatic heterocycles. The lowest BCUT2D eigenvalue weighted by Gasteiger charge is -2.22. The fourth-order valence-corrected chi connectivity index (χ4v) is 2.72. The van der Waals surface area contributed by atoms with Crippen molar-refractivity contribution in [3.05, 3.63) is 23.5 Å². The SMILES string of the molecule is CCCCN(CCCC)c1nc(Cl)nc(Nc2ccc(OC)cc2OC)n1. The molecule has 2 aromatic rings. The second-order valence-electron chi connectivity index (χ2n) is 6.11. The first-order valence-corrected chi connectivity index (χ1v) is 9.64. The van der Waals surface area contributed by atoms with Crippen molar-refractivity contribution in [1.82, 2.24) is 15.0 Å². The Morgan fingerprint density at radius 3 is 2.30 bits per heavy atom. The lowest BCUT2D eigenvalue weighted by molar-refractivity contribution is 0.395. The molecule has 8 heteroatoms.